The summed E-state index contributed by atoms with van der Waals surface area (Å²) in [7, 11) is -3.45. The molecule has 0 aliphatic carbocycles. The zero-order valence-electron chi connectivity index (χ0n) is 11.9. The Morgan fingerprint density at radius 1 is 1.26 bits per heavy atom. The Labute approximate surface area is 125 Å². The average molecular weight is 348 g/mol. The summed E-state index contributed by atoms with van der Waals surface area (Å²) >= 11 is 3.37. The van der Waals surface area contributed by atoms with Gasteiger partial charge in [0.15, 0.2) is 0 Å². The van der Waals surface area contributed by atoms with Crippen molar-refractivity contribution in [3.8, 4) is 0 Å². The van der Waals surface area contributed by atoms with Crippen LogP contribution in [0, 0.1) is 19.8 Å². The standard InChI is InChI=1S/C14H22BrNO2S/c1-10(2)13(7-8-15)16-19(17,18)14-9-11(3)5-6-12(14)4/h5-6,9-10,13,16H,7-8H2,1-4H3. The second-order valence-corrected chi connectivity index (χ2v) is 7.69. The van der Waals surface area contributed by atoms with E-state index in [2.05, 4.69) is 20.7 Å². The van der Waals surface area contributed by atoms with E-state index in [1.54, 1.807) is 6.07 Å². The number of halogens is 1. The minimum absolute atomic E-state index is 0.0516. The molecule has 5 heteroatoms. The average Bonchev–Trinajstić information content (AvgIpc) is 2.31. The molecule has 1 aromatic carbocycles. The second kappa shape index (κ2) is 6.86. The topological polar surface area (TPSA) is 46.2 Å². The molecule has 1 rings (SSSR count). The van der Waals surface area contributed by atoms with E-state index >= 15 is 0 Å². The third-order valence-corrected chi connectivity index (χ3v) is 5.25. The highest BCUT2D eigenvalue weighted by atomic mass is 79.9. The van der Waals surface area contributed by atoms with E-state index in [1.807, 2.05) is 39.8 Å². The van der Waals surface area contributed by atoms with Crippen LogP contribution in [0.25, 0.3) is 0 Å². The predicted octanol–water partition coefficient (Wildman–Crippen LogP) is 3.39. The molecule has 0 aliphatic rings. The number of hydrogen-bond donors (Lipinski definition) is 1. The van der Waals surface area contributed by atoms with Crippen LogP contribution in [-0.2, 0) is 10.0 Å². The minimum atomic E-state index is -3.45. The number of hydrogen-bond acceptors (Lipinski definition) is 2. The number of benzene rings is 1. The van der Waals surface area contributed by atoms with Crippen molar-refractivity contribution >= 4 is 26.0 Å². The molecule has 0 bridgehead atoms. The van der Waals surface area contributed by atoms with Gasteiger partial charge in [-0.3, -0.25) is 0 Å². The molecule has 0 heterocycles. The van der Waals surface area contributed by atoms with Crippen LogP contribution in [0.5, 0.6) is 0 Å². The third kappa shape index (κ3) is 4.58. The Morgan fingerprint density at radius 3 is 2.42 bits per heavy atom. The Kier molecular flexibility index (Phi) is 6.02. The van der Waals surface area contributed by atoms with Gasteiger partial charge in [0.05, 0.1) is 4.90 Å². The largest absolute Gasteiger partial charge is 0.241 e. The highest BCUT2D eigenvalue weighted by Gasteiger charge is 2.23. The predicted molar refractivity (Wildman–Crippen MR) is 83.3 cm³/mol. The Morgan fingerprint density at radius 2 is 1.89 bits per heavy atom. The Bertz CT molecular complexity index is 526. The lowest BCUT2D eigenvalue weighted by Crippen LogP contribution is -2.39. The van der Waals surface area contributed by atoms with E-state index in [0.717, 1.165) is 22.9 Å². The number of rotatable bonds is 6. The first-order chi connectivity index (χ1) is 8.77. The van der Waals surface area contributed by atoms with E-state index in [0.29, 0.717) is 4.90 Å². The van der Waals surface area contributed by atoms with Crippen molar-refractivity contribution in [2.45, 2.75) is 45.1 Å². The quantitative estimate of drug-likeness (QED) is 0.801. The van der Waals surface area contributed by atoms with Gasteiger partial charge >= 0.3 is 0 Å². The first-order valence-corrected chi connectivity index (χ1v) is 9.04. The van der Waals surface area contributed by atoms with Gasteiger partial charge in [0, 0.05) is 11.4 Å². The first kappa shape index (κ1) is 16.7. The van der Waals surface area contributed by atoms with Gasteiger partial charge in [-0.15, -0.1) is 0 Å². The number of alkyl halides is 1. The highest BCUT2D eigenvalue weighted by Crippen LogP contribution is 2.19. The molecule has 0 radical (unpaired) electrons. The molecule has 108 valence electrons. The van der Waals surface area contributed by atoms with Gasteiger partial charge in [-0.25, -0.2) is 13.1 Å². The highest BCUT2D eigenvalue weighted by molar-refractivity contribution is 9.09. The zero-order valence-corrected chi connectivity index (χ0v) is 14.3. The van der Waals surface area contributed by atoms with E-state index in [4.69, 9.17) is 0 Å². The van der Waals surface area contributed by atoms with Crippen molar-refractivity contribution in [1.29, 1.82) is 0 Å². The van der Waals surface area contributed by atoms with E-state index in [-0.39, 0.29) is 12.0 Å². The number of nitrogens with one attached hydrogen (secondary N) is 1. The molecule has 0 saturated heterocycles. The Hall–Kier alpha value is -0.390. The minimum Gasteiger partial charge on any atom is -0.208 e. The maximum absolute atomic E-state index is 12.5. The molecule has 0 amide bonds. The van der Waals surface area contributed by atoms with Crippen LogP contribution in [0.15, 0.2) is 23.1 Å². The summed E-state index contributed by atoms with van der Waals surface area (Å²) in [5.74, 6) is 0.262. The van der Waals surface area contributed by atoms with Gasteiger partial charge in [0.2, 0.25) is 10.0 Å². The Balaban J connectivity index is 3.06. The zero-order chi connectivity index (χ0) is 14.6. The van der Waals surface area contributed by atoms with Crippen LogP contribution < -0.4 is 4.72 Å². The molecule has 1 N–H and O–H groups in total. The van der Waals surface area contributed by atoms with Gasteiger partial charge in [-0.05, 0) is 43.4 Å². The van der Waals surface area contributed by atoms with E-state index in [1.165, 1.54) is 0 Å². The smallest absolute Gasteiger partial charge is 0.208 e. The van der Waals surface area contributed by atoms with Crippen molar-refractivity contribution < 1.29 is 8.42 Å². The first-order valence-electron chi connectivity index (χ1n) is 6.43. The van der Waals surface area contributed by atoms with Crippen molar-refractivity contribution in [3.63, 3.8) is 0 Å². The van der Waals surface area contributed by atoms with Crippen molar-refractivity contribution in [3.05, 3.63) is 29.3 Å². The summed E-state index contributed by atoms with van der Waals surface area (Å²) in [5.41, 5.74) is 1.73. The van der Waals surface area contributed by atoms with Gasteiger partial charge in [0.1, 0.15) is 0 Å². The fourth-order valence-corrected chi connectivity index (χ4v) is 4.15. The number of sulfonamides is 1. The molecule has 0 spiro atoms. The maximum Gasteiger partial charge on any atom is 0.241 e. The summed E-state index contributed by atoms with van der Waals surface area (Å²) in [6.07, 6.45) is 0.780. The molecular formula is C14H22BrNO2S. The van der Waals surface area contributed by atoms with Crippen LogP contribution in [-0.4, -0.2) is 19.8 Å². The molecule has 0 aliphatic heterocycles. The van der Waals surface area contributed by atoms with Crippen molar-refractivity contribution in [2.24, 2.45) is 5.92 Å². The summed E-state index contributed by atoms with van der Waals surface area (Å²) in [5, 5.41) is 0.783. The molecule has 0 fully saturated rings. The lowest BCUT2D eigenvalue weighted by atomic mass is 10.0. The maximum atomic E-state index is 12.5. The third-order valence-electron chi connectivity index (χ3n) is 3.16. The summed E-state index contributed by atoms with van der Waals surface area (Å²) in [6.45, 7) is 7.78. The summed E-state index contributed by atoms with van der Waals surface area (Å²) in [6, 6.07) is 5.44. The molecule has 19 heavy (non-hydrogen) atoms. The van der Waals surface area contributed by atoms with Crippen LogP contribution in [0.4, 0.5) is 0 Å². The van der Waals surface area contributed by atoms with Crippen LogP contribution in [0.1, 0.15) is 31.4 Å². The van der Waals surface area contributed by atoms with E-state index < -0.39 is 10.0 Å². The molecule has 0 saturated carbocycles. The van der Waals surface area contributed by atoms with Crippen LogP contribution in [0.3, 0.4) is 0 Å². The lowest BCUT2D eigenvalue weighted by Gasteiger charge is -2.22. The normalized spacial score (nSPS) is 13.8. The molecule has 1 unspecified atom stereocenters. The van der Waals surface area contributed by atoms with Gasteiger partial charge in [-0.1, -0.05) is 41.9 Å². The lowest BCUT2D eigenvalue weighted by molar-refractivity contribution is 0.440. The van der Waals surface area contributed by atoms with Gasteiger partial charge in [0.25, 0.3) is 0 Å². The van der Waals surface area contributed by atoms with Crippen molar-refractivity contribution in [2.75, 3.05) is 5.33 Å². The fraction of sp³-hybridized carbons (Fsp3) is 0.571. The SMILES string of the molecule is Cc1ccc(C)c(S(=O)(=O)NC(CCBr)C(C)C)c1. The van der Waals surface area contributed by atoms with Crippen LogP contribution in [0.2, 0.25) is 0 Å². The fourth-order valence-electron chi connectivity index (χ4n) is 1.91. The number of aryl methyl sites for hydroxylation is 2. The van der Waals surface area contributed by atoms with Gasteiger partial charge in [-0.2, -0.15) is 0 Å². The molecule has 1 aromatic rings. The second-order valence-electron chi connectivity index (χ2n) is 5.22. The van der Waals surface area contributed by atoms with Crippen LogP contribution >= 0.6 is 15.9 Å². The van der Waals surface area contributed by atoms with Gasteiger partial charge < -0.3 is 0 Å². The summed E-state index contributed by atoms with van der Waals surface area (Å²) in [4.78, 5) is 0.382. The molecular weight excluding hydrogens is 326 g/mol. The van der Waals surface area contributed by atoms with E-state index in [9.17, 15) is 8.42 Å². The molecule has 3 nitrogen and oxygen atoms in total. The summed E-state index contributed by atoms with van der Waals surface area (Å²) < 4.78 is 27.8. The monoisotopic (exact) mass is 347 g/mol. The molecule has 0 aromatic heterocycles. The molecule has 1 atom stereocenters. The van der Waals surface area contributed by atoms with Crippen molar-refractivity contribution in [1.82, 2.24) is 4.72 Å².